The Balaban J connectivity index is 0.000000267. The van der Waals surface area contributed by atoms with Crippen LogP contribution in [0.15, 0.2) is 85.5 Å². The van der Waals surface area contributed by atoms with Gasteiger partial charge in [0.1, 0.15) is 11.5 Å². The molecule has 0 aliphatic rings. The molecule has 0 fully saturated rings. The third-order valence-electron chi connectivity index (χ3n) is 6.40. The fourth-order valence-electron chi connectivity index (χ4n) is 4.23. The Hall–Kier alpha value is -4.93. The highest BCUT2D eigenvalue weighted by molar-refractivity contribution is 6.31. The average Bonchev–Trinajstić information content (AvgIpc) is 3.05. The van der Waals surface area contributed by atoms with E-state index >= 15 is 0 Å². The van der Waals surface area contributed by atoms with Crippen molar-refractivity contribution < 1.29 is 38.2 Å². The van der Waals surface area contributed by atoms with Gasteiger partial charge in [0.05, 0.1) is 36.5 Å². The number of hydrogen-bond donors (Lipinski definition) is 0. The van der Waals surface area contributed by atoms with Gasteiger partial charge in [-0.25, -0.2) is 9.59 Å². The summed E-state index contributed by atoms with van der Waals surface area (Å²) in [4.78, 5) is 69.7. The molecule has 2 aromatic carbocycles. The van der Waals surface area contributed by atoms with Gasteiger partial charge in [-0.05, 0) is 68.3 Å². The summed E-state index contributed by atoms with van der Waals surface area (Å²) in [6.07, 6.45) is 5.61. The summed E-state index contributed by atoms with van der Waals surface area (Å²) in [7, 11) is 2.48. The molecule has 2 aromatic heterocycles. The number of methoxy groups -OCH3 is 2. The number of benzene rings is 2. The molecule has 0 aliphatic carbocycles. The maximum absolute atomic E-state index is 13.2. The van der Waals surface area contributed by atoms with Gasteiger partial charge in [-0.3, -0.25) is 24.4 Å². The summed E-state index contributed by atoms with van der Waals surface area (Å²) in [6, 6.07) is 16.1. The zero-order valence-electron chi connectivity index (χ0n) is 26.3. The number of carbonyl (C=O) groups excluding carboxylic acids is 5. The van der Waals surface area contributed by atoms with Crippen molar-refractivity contribution in [1.29, 1.82) is 0 Å². The average molecular weight is 680 g/mol. The second-order valence-corrected chi connectivity index (χ2v) is 11.8. The van der Waals surface area contributed by atoms with Gasteiger partial charge >= 0.3 is 17.9 Å². The Morgan fingerprint density at radius 1 is 0.681 bits per heavy atom. The number of esters is 3. The first-order chi connectivity index (χ1) is 22.2. The monoisotopic (exact) mass is 678 g/mol. The van der Waals surface area contributed by atoms with E-state index in [9.17, 15) is 24.0 Å². The number of Topliss-reactive ketones (excluding diaryl/α,β-unsaturated/α-hetero) is 2. The normalized spacial score (nSPS) is 11.3. The number of ketones is 2. The third-order valence-corrected chi connectivity index (χ3v) is 6.91. The number of aromatic nitrogens is 2. The van der Waals surface area contributed by atoms with E-state index in [-0.39, 0.29) is 34.5 Å². The van der Waals surface area contributed by atoms with Crippen molar-refractivity contribution in [3.8, 4) is 0 Å². The minimum atomic E-state index is -1.27. The van der Waals surface area contributed by atoms with Crippen LogP contribution in [0.1, 0.15) is 79.2 Å². The van der Waals surface area contributed by atoms with Crippen molar-refractivity contribution >= 4 is 52.7 Å². The molecule has 0 bridgehead atoms. The summed E-state index contributed by atoms with van der Waals surface area (Å²) in [5, 5.41) is 1.07. The van der Waals surface area contributed by atoms with Gasteiger partial charge in [-0.1, -0.05) is 47.5 Å². The van der Waals surface area contributed by atoms with E-state index < -0.39 is 35.2 Å². The zero-order valence-corrected chi connectivity index (χ0v) is 27.8. The molecular formula is C35H32Cl2N2O8. The second kappa shape index (κ2) is 16.6. The lowest BCUT2D eigenvalue weighted by Crippen LogP contribution is -2.32. The molecule has 0 saturated carbocycles. The van der Waals surface area contributed by atoms with E-state index in [1.807, 2.05) is 0 Å². The van der Waals surface area contributed by atoms with Crippen molar-refractivity contribution in [2.75, 3.05) is 14.2 Å². The van der Waals surface area contributed by atoms with Crippen LogP contribution in [0.2, 0.25) is 10.0 Å². The number of hydrogen-bond acceptors (Lipinski definition) is 10. The van der Waals surface area contributed by atoms with E-state index in [2.05, 4.69) is 14.7 Å². The lowest BCUT2D eigenvalue weighted by atomic mass is 9.89. The van der Waals surface area contributed by atoms with Crippen LogP contribution in [0.3, 0.4) is 0 Å². The van der Waals surface area contributed by atoms with Crippen LogP contribution in [0.25, 0.3) is 0 Å². The first-order valence-electron chi connectivity index (χ1n) is 14.1. The number of pyridine rings is 2. The van der Waals surface area contributed by atoms with E-state index in [1.54, 1.807) is 69.3 Å². The quantitative estimate of drug-likeness (QED) is 0.0806. The second-order valence-electron chi connectivity index (χ2n) is 10.9. The number of ether oxygens (including phenoxy) is 3. The Labute approximate surface area is 282 Å². The van der Waals surface area contributed by atoms with Crippen LogP contribution < -0.4 is 0 Å². The molecule has 0 aliphatic heterocycles. The number of halogens is 2. The fourth-order valence-corrected chi connectivity index (χ4v) is 4.48. The molecule has 12 heteroatoms. The maximum atomic E-state index is 13.2. The van der Waals surface area contributed by atoms with E-state index in [4.69, 9.17) is 32.7 Å². The van der Waals surface area contributed by atoms with Crippen LogP contribution in [-0.2, 0) is 25.4 Å². The molecule has 0 amide bonds. The third kappa shape index (κ3) is 10.3. The van der Waals surface area contributed by atoms with Crippen molar-refractivity contribution in [2.45, 2.75) is 38.7 Å². The summed E-state index contributed by atoms with van der Waals surface area (Å²) in [5.41, 5.74) is 0.922. The summed E-state index contributed by atoms with van der Waals surface area (Å²) >= 11 is 11.7. The highest BCUT2D eigenvalue weighted by Gasteiger charge is 2.35. The largest absolute Gasteiger partial charge is 0.465 e. The summed E-state index contributed by atoms with van der Waals surface area (Å²) in [6.45, 7) is 5.12. The number of rotatable bonds is 9. The van der Waals surface area contributed by atoms with Crippen LogP contribution in [0.5, 0.6) is 0 Å². The van der Waals surface area contributed by atoms with Gasteiger partial charge in [0, 0.05) is 41.3 Å². The summed E-state index contributed by atoms with van der Waals surface area (Å²) in [5.74, 6) is -4.05. The summed E-state index contributed by atoms with van der Waals surface area (Å²) < 4.78 is 14.8. The van der Waals surface area contributed by atoms with E-state index in [0.717, 1.165) is 5.56 Å². The zero-order chi connectivity index (χ0) is 34.7. The van der Waals surface area contributed by atoms with Crippen molar-refractivity contribution in [3.05, 3.63) is 129 Å². The molecule has 244 valence electrons. The molecule has 10 nitrogen and oxygen atoms in total. The van der Waals surface area contributed by atoms with Crippen LogP contribution in [0.4, 0.5) is 0 Å². The molecule has 47 heavy (non-hydrogen) atoms. The van der Waals surface area contributed by atoms with E-state index in [0.29, 0.717) is 15.6 Å². The Kier molecular flexibility index (Phi) is 12.9. The smallest absolute Gasteiger partial charge is 0.338 e. The minimum absolute atomic E-state index is 0.0184. The van der Waals surface area contributed by atoms with Gasteiger partial charge in [0.15, 0.2) is 11.6 Å². The van der Waals surface area contributed by atoms with Crippen molar-refractivity contribution in [1.82, 2.24) is 9.97 Å². The topological polar surface area (TPSA) is 139 Å². The Bertz CT molecular complexity index is 1750. The van der Waals surface area contributed by atoms with Gasteiger partial charge < -0.3 is 14.2 Å². The highest BCUT2D eigenvalue weighted by Crippen LogP contribution is 2.27. The van der Waals surface area contributed by atoms with Gasteiger partial charge in [-0.2, -0.15) is 0 Å². The molecule has 4 rings (SSSR count). The SMILES string of the molecule is COC(=O)c1ccncc1C(=O)C(C(=O)OC(C)(C)C)c1ccc(Cl)cc1.COC(=O)c1ccncc1C(=O)Cc1ccc(Cl)cc1. The molecule has 2 heterocycles. The van der Waals surface area contributed by atoms with E-state index in [1.165, 1.54) is 51.1 Å². The first kappa shape index (κ1) is 36.5. The molecule has 0 radical (unpaired) electrons. The van der Waals surface area contributed by atoms with Crippen molar-refractivity contribution in [2.24, 2.45) is 0 Å². The molecular weight excluding hydrogens is 647 g/mol. The van der Waals surface area contributed by atoms with Gasteiger partial charge in [0.2, 0.25) is 0 Å². The molecule has 0 saturated heterocycles. The van der Waals surface area contributed by atoms with Gasteiger partial charge in [-0.15, -0.1) is 0 Å². The lowest BCUT2D eigenvalue weighted by molar-refractivity contribution is -0.155. The highest BCUT2D eigenvalue weighted by atomic mass is 35.5. The molecule has 4 aromatic rings. The van der Waals surface area contributed by atoms with Crippen LogP contribution in [-0.4, -0.2) is 59.3 Å². The fraction of sp³-hybridized carbons (Fsp3) is 0.229. The predicted molar refractivity (Wildman–Crippen MR) is 175 cm³/mol. The van der Waals surface area contributed by atoms with Crippen LogP contribution >= 0.6 is 23.2 Å². The number of carbonyl (C=O) groups is 5. The predicted octanol–water partition coefficient (Wildman–Crippen LogP) is 6.78. The standard InChI is InChI=1S/C20H20ClNO5.C15H12ClNO3/c1-20(2,3)27-19(25)16(12-5-7-13(21)8-6-12)17(23)15-11-22-10-9-14(15)18(24)26-4;1-20-15(19)12-6-7-17-9-13(12)14(18)8-10-2-4-11(16)5-3-10/h5-11,16H,1-4H3;2-7,9H,8H2,1H3. The molecule has 1 unspecified atom stereocenters. The van der Waals surface area contributed by atoms with Crippen molar-refractivity contribution in [3.63, 3.8) is 0 Å². The van der Waals surface area contributed by atoms with Crippen LogP contribution in [0, 0.1) is 0 Å². The number of nitrogens with zero attached hydrogens (tertiary/aromatic N) is 2. The molecule has 1 atom stereocenters. The molecule has 0 N–H and O–H groups in total. The first-order valence-corrected chi connectivity index (χ1v) is 14.9. The maximum Gasteiger partial charge on any atom is 0.338 e. The Morgan fingerprint density at radius 3 is 1.64 bits per heavy atom. The lowest BCUT2D eigenvalue weighted by Gasteiger charge is -2.24. The Morgan fingerprint density at radius 2 is 1.15 bits per heavy atom. The minimum Gasteiger partial charge on any atom is -0.465 e. The van der Waals surface area contributed by atoms with Gasteiger partial charge in [0.25, 0.3) is 0 Å². The molecule has 0 spiro atoms.